The lowest BCUT2D eigenvalue weighted by Crippen LogP contribution is -2.32. The van der Waals surface area contributed by atoms with Gasteiger partial charge in [-0.25, -0.2) is 4.39 Å². The maximum Gasteiger partial charge on any atom is 0.227 e. The highest BCUT2D eigenvalue weighted by atomic mass is 19.1. The van der Waals surface area contributed by atoms with Crippen molar-refractivity contribution in [1.29, 1.82) is 0 Å². The number of carbonyl (C=O) groups excluding carboxylic acids is 1. The molecule has 2 aromatic carbocycles. The third-order valence-corrected chi connectivity index (χ3v) is 5.93. The maximum absolute atomic E-state index is 13.8. The zero-order valence-electron chi connectivity index (χ0n) is 16.3. The molecule has 2 aliphatic heterocycles. The Balaban J connectivity index is 1.41. The van der Waals surface area contributed by atoms with Crippen molar-refractivity contribution in [3.8, 4) is 11.5 Å². The molecule has 1 amide bonds. The summed E-state index contributed by atoms with van der Waals surface area (Å²) in [5, 5.41) is 0.783. The van der Waals surface area contributed by atoms with Crippen molar-refractivity contribution in [3.63, 3.8) is 0 Å². The van der Waals surface area contributed by atoms with Gasteiger partial charge < -0.3 is 19.4 Å². The molecule has 1 N–H and O–H groups in total. The first-order chi connectivity index (χ1) is 14.1. The van der Waals surface area contributed by atoms with Crippen molar-refractivity contribution in [3.05, 3.63) is 59.0 Å². The minimum Gasteiger partial charge on any atom is -0.486 e. The second kappa shape index (κ2) is 7.10. The maximum atomic E-state index is 13.8. The van der Waals surface area contributed by atoms with Crippen LogP contribution < -0.4 is 9.47 Å². The number of rotatable bonds is 3. The van der Waals surface area contributed by atoms with E-state index >= 15 is 0 Å². The first-order valence-electron chi connectivity index (χ1n) is 10.1. The molecule has 0 spiro atoms. The molecule has 29 heavy (non-hydrogen) atoms. The normalized spacial score (nSPS) is 18.4. The molecule has 1 atom stereocenters. The van der Waals surface area contributed by atoms with Crippen LogP contribution in [0.1, 0.15) is 35.7 Å². The van der Waals surface area contributed by atoms with E-state index in [0.29, 0.717) is 13.2 Å². The molecule has 6 heteroatoms. The molecule has 150 valence electrons. The molecule has 1 saturated heterocycles. The van der Waals surface area contributed by atoms with Crippen LogP contribution in [0.15, 0.2) is 36.4 Å². The number of H-pyrrole nitrogens is 1. The number of hydrogen-bond acceptors (Lipinski definition) is 3. The van der Waals surface area contributed by atoms with Gasteiger partial charge in [-0.3, -0.25) is 4.79 Å². The van der Waals surface area contributed by atoms with Crippen LogP contribution in [0.5, 0.6) is 11.5 Å². The minimum atomic E-state index is -0.291. The fourth-order valence-electron chi connectivity index (χ4n) is 4.51. The molecule has 0 saturated carbocycles. The number of nitrogens with one attached hydrogen (secondary N) is 1. The van der Waals surface area contributed by atoms with E-state index in [-0.39, 0.29) is 24.2 Å². The average molecular weight is 394 g/mol. The second-order valence-electron chi connectivity index (χ2n) is 7.74. The molecular weight excluding hydrogens is 371 g/mol. The molecule has 0 aliphatic carbocycles. The number of aryl methyl sites for hydroxylation is 1. The highest BCUT2D eigenvalue weighted by molar-refractivity contribution is 5.90. The quantitative estimate of drug-likeness (QED) is 0.721. The number of fused-ring (bicyclic) bond motifs is 2. The number of halogens is 1. The largest absolute Gasteiger partial charge is 0.486 e. The number of hydrogen-bond donors (Lipinski definition) is 1. The number of aromatic nitrogens is 1. The summed E-state index contributed by atoms with van der Waals surface area (Å²) in [5.41, 5.74) is 3.71. The summed E-state index contributed by atoms with van der Waals surface area (Å²) in [6.45, 7) is 3.77. The van der Waals surface area contributed by atoms with Crippen LogP contribution in [0.25, 0.3) is 10.9 Å². The van der Waals surface area contributed by atoms with Crippen molar-refractivity contribution in [2.24, 2.45) is 0 Å². The predicted molar refractivity (Wildman–Crippen MR) is 108 cm³/mol. The Bertz CT molecular complexity index is 1090. The molecule has 1 aromatic heterocycles. The molecule has 3 heterocycles. The highest BCUT2D eigenvalue weighted by Gasteiger charge is 2.31. The first kappa shape index (κ1) is 18.0. The van der Waals surface area contributed by atoms with E-state index < -0.39 is 0 Å². The molecule has 0 radical (unpaired) electrons. The number of amides is 1. The fraction of sp³-hybridized carbons (Fsp3) is 0.348. The van der Waals surface area contributed by atoms with Gasteiger partial charge in [0.15, 0.2) is 11.5 Å². The summed E-state index contributed by atoms with van der Waals surface area (Å²) in [4.78, 5) is 18.4. The monoisotopic (exact) mass is 394 g/mol. The van der Waals surface area contributed by atoms with E-state index in [0.717, 1.165) is 58.6 Å². The Kier molecular flexibility index (Phi) is 4.42. The van der Waals surface area contributed by atoms with Crippen LogP contribution in [-0.4, -0.2) is 35.5 Å². The predicted octanol–water partition coefficient (Wildman–Crippen LogP) is 4.29. The number of carbonyl (C=O) groups is 1. The lowest BCUT2D eigenvalue weighted by atomic mass is 10.0. The standard InChI is InChI=1S/C23H23FN2O3/c1-14-17(18-12-16(24)5-6-19(18)25-14)13-23(27)26-8-2-3-20(26)15-4-7-21-22(11-15)29-10-9-28-21/h4-7,11-12,20,25H,2-3,8-10,13H2,1H3. The lowest BCUT2D eigenvalue weighted by Gasteiger charge is -2.27. The average Bonchev–Trinajstić information content (AvgIpc) is 3.33. The Morgan fingerprint density at radius 1 is 1.17 bits per heavy atom. The van der Waals surface area contributed by atoms with Gasteiger partial charge in [0.2, 0.25) is 5.91 Å². The fourth-order valence-corrected chi connectivity index (χ4v) is 4.51. The van der Waals surface area contributed by atoms with Gasteiger partial charge in [0.1, 0.15) is 19.0 Å². The Hall–Kier alpha value is -3.02. The molecule has 5 rings (SSSR count). The molecule has 3 aromatic rings. The van der Waals surface area contributed by atoms with Crippen LogP contribution in [0.2, 0.25) is 0 Å². The summed E-state index contributed by atoms with van der Waals surface area (Å²) >= 11 is 0. The zero-order valence-corrected chi connectivity index (χ0v) is 16.3. The molecule has 2 aliphatic rings. The van der Waals surface area contributed by atoms with Crippen molar-refractivity contribution in [1.82, 2.24) is 9.88 Å². The van der Waals surface area contributed by atoms with Crippen LogP contribution in [0.4, 0.5) is 4.39 Å². The molecule has 5 nitrogen and oxygen atoms in total. The van der Waals surface area contributed by atoms with Crippen LogP contribution >= 0.6 is 0 Å². The Labute approximate surface area is 168 Å². The van der Waals surface area contributed by atoms with Crippen molar-refractivity contribution < 1.29 is 18.7 Å². The number of nitrogens with zero attached hydrogens (tertiary/aromatic N) is 1. The molecule has 1 fully saturated rings. The summed E-state index contributed by atoms with van der Waals surface area (Å²) in [7, 11) is 0. The third kappa shape index (κ3) is 3.22. The number of benzene rings is 2. The lowest BCUT2D eigenvalue weighted by molar-refractivity contribution is -0.131. The van der Waals surface area contributed by atoms with E-state index in [1.807, 2.05) is 30.0 Å². The van der Waals surface area contributed by atoms with Gasteiger partial charge in [-0.1, -0.05) is 6.07 Å². The number of likely N-dealkylation sites (tertiary alicyclic amines) is 1. The molecule has 0 bridgehead atoms. The SMILES string of the molecule is Cc1[nH]c2ccc(F)cc2c1CC(=O)N1CCCC1c1ccc2c(c1)OCCO2. The Morgan fingerprint density at radius 3 is 2.86 bits per heavy atom. The smallest absolute Gasteiger partial charge is 0.227 e. The molecular formula is C23H23FN2O3. The van der Waals surface area contributed by atoms with Gasteiger partial charge >= 0.3 is 0 Å². The topological polar surface area (TPSA) is 54.6 Å². The summed E-state index contributed by atoms with van der Waals surface area (Å²) in [6, 6.07) is 10.6. The third-order valence-electron chi connectivity index (χ3n) is 5.93. The minimum absolute atomic E-state index is 0.0283. The van der Waals surface area contributed by atoms with Gasteiger partial charge in [-0.05, 0) is 61.2 Å². The number of ether oxygens (including phenoxy) is 2. The highest BCUT2D eigenvalue weighted by Crippen LogP contribution is 2.38. The van der Waals surface area contributed by atoms with E-state index in [2.05, 4.69) is 4.98 Å². The van der Waals surface area contributed by atoms with Gasteiger partial charge in [-0.15, -0.1) is 0 Å². The van der Waals surface area contributed by atoms with Crippen LogP contribution in [0, 0.1) is 12.7 Å². The van der Waals surface area contributed by atoms with Crippen LogP contribution in [0.3, 0.4) is 0 Å². The van der Waals surface area contributed by atoms with Gasteiger partial charge in [0.25, 0.3) is 0 Å². The zero-order chi connectivity index (χ0) is 20.0. The van der Waals surface area contributed by atoms with E-state index in [9.17, 15) is 9.18 Å². The van der Waals surface area contributed by atoms with E-state index in [1.54, 1.807) is 6.07 Å². The summed E-state index contributed by atoms with van der Waals surface area (Å²) in [6.07, 6.45) is 2.15. The second-order valence-corrected chi connectivity index (χ2v) is 7.74. The molecule has 1 unspecified atom stereocenters. The van der Waals surface area contributed by atoms with Crippen molar-refractivity contribution in [2.75, 3.05) is 19.8 Å². The van der Waals surface area contributed by atoms with Crippen LogP contribution in [-0.2, 0) is 11.2 Å². The number of aromatic amines is 1. The summed E-state index contributed by atoms with van der Waals surface area (Å²) < 4.78 is 25.1. The summed E-state index contributed by atoms with van der Waals surface area (Å²) in [5.74, 6) is 1.28. The van der Waals surface area contributed by atoms with Gasteiger partial charge in [0, 0.05) is 23.1 Å². The van der Waals surface area contributed by atoms with Gasteiger partial charge in [-0.2, -0.15) is 0 Å². The van der Waals surface area contributed by atoms with E-state index in [4.69, 9.17) is 9.47 Å². The first-order valence-corrected chi connectivity index (χ1v) is 10.1. The Morgan fingerprint density at radius 2 is 2.00 bits per heavy atom. The van der Waals surface area contributed by atoms with Crippen molar-refractivity contribution in [2.45, 2.75) is 32.2 Å². The van der Waals surface area contributed by atoms with E-state index in [1.165, 1.54) is 12.1 Å². The van der Waals surface area contributed by atoms with Crippen molar-refractivity contribution >= 4 is 16.8 Å². The van der Waals surface area contributed by atoms with Gasteiger partial charge in [0.05, 0.1) is 12.5 Å².